The lowest BCUT2D eigenvalue weighted by Gasteiger charge is -2.20. The number of aromatic hydroxyl groups is 1. The van der Waals surface area contributed by atoms with E-state index in [4.69, 9.17) is 9.57 Å². The van der Waals surface area contributed by atoms with E-state index >= 15 is 0 Å². The lowest BCUT2D eigenvalue weighted by atomic mass is 10.3. The predicted octanol–water partition coefficient (Wildman–Crippen LogP) is 1.61. The molecule has 130 valence electrons. The monoisotopic (exact) mass is 353 g/mol. The van der Waals surface area contributed by atoms with Crippen molar-refractivity contribution in [2.24, 2.45) is 0 Å². The number of benzene rings is 1. The van der Waals surface area contributed by atoms with Crippen LogP contribution in [0.15, 0.2) is 42.6 Å². The maximum Gasteiger partial charge on any atom is 0.229 e. The minimum atomic E-state index is -3.46. The van der Waals surface area contributed by atoms with E-state index in [2.05, 4.69) is 9.71 Å². The van der Waals surface area contributed by atoms with Crippen LogP contribution in [0.1, 0.15) is 0 Å². The highest BCUT2D eigenvalue weighted by Gasteiger charge is 2.10. The zero-order valence-corrected chi connectivity index (χ0v) is 14.2. The molecule has 1 heterocycles. The van der Waals surface area contributed by atoms with Crippen LogP contribution in [0.4, 0.5) is 11.5 Å². The highest BCUT2D eigenvalue weighted by atomic mass is 32.2. The van der Waals surface area contributed by atoms with Crippen molar-refractivity contribution in [3.63, 3.8) is 0 Å². The molecule has 2 N–H and O–H groups in total. The van der Waals surface area contributed by atoms with Gasteiger partial charge in [0.15, 0.2) is 5.82 Å². The molecule has 0 aliphatic carbocycles. The zero-order valence-electron chi connectivity index (χ0n) is 13.3. The first-order valence-electron chi connectivity index (χ1n) is 7.05. The second kappa shape index (κ2) is 7.84. The third-order valence-electron chi connectivity index (χ3n) is 2.95. The summed E-state index contributed by atoms with van der Waals surface area (Å²) in [6.07, 6.45) is 2.67. The summed E-state index contributed by atoms with van der Waals surface area (Å²) in [5, 5.41) is 11.4. The zero-order chi connectivity index (χ0) is 17.6. The number of hydrogen-bond donors (Lipinski definition) is 2. The van der Waals surface area contributed by atoms with Crippen molar-refractivity contribution < 1.29 is 23.1 Å². The fraction of sp³-hybridized carbons (Fsp3) is 0.267. The molecule has 0 radical (unpaired) electrons. The van der Waals surface area contributed by atoms with E-state index in [1.165, 1.54) is 19.2 Å². The molecule has 0 saturated heterocycles. The van der Waals surface area contributed by atoms with Gasteiger partial charge >= 0.3 is 0 Å². The van der Waals surface area contributed by atoms with Gasteiger partial charge in [-0.15, -0.1) is 0 Å². The number of phenols is 1. The Morgan fingerprint density at radius 2 is 2.08 bits per heavy atom. The number of phenolic OH excluding ortho intramolecular Hbond substituents is 1. The van der Waals surface area contributed by atoms with Gasteiger partial charge in [-0.1, -0.05) is 6.07 Å². The van der Waals surface area contributed by atoms with Gasteiger partial charge in [-0.05, 0) is 24.3 Å². The lowest BCUT2D eigenvalue weighted by molar-refractivity contribution is 0.149. The highest BCUT2D eigenvalue weighted by molar-refractivity contribution is 7.92. The summed E-state index contributed by atoms with van der Waals surface area (Å²) >= 11 is 0. The van der Waals surface area contributed by atoms with Crippen LogP contribution in [0.3, 0.4) is 0 Å². The maximum absolute atomic E-state index is 11.2. The van der Waals surface area contributed by atoms with Crippen LogP contribution in [0.5, 0.6) is 11.5 Å². The van der Waals surface area contributed by atoms with E-state index in [1.807, 2.05) is 12.1 Å². The van der Waals surface area contributed by atoms with Crippen LogP contribution in [0.2, 0.25) is 0 Å². The van der Waals surface area contributed by atoms with Crippen LogP contribution in [0, 0.1) is 0 Å². The Morgan fingerprint density at radius 1 is 1.29 bits per heavy atom. The SMILES string of the molecule is CON(CCOc1ccc(NS(C)(=O)=O)c(O)c1)c1ccccn1. The van der Waals surface area contributed by atoms with Gasteiger partial charge < -0.3 is 9.84 Å². The molecule has 9 heteroatoms. The number of rotatable bonds is 8. The number of pyridine rings is 1. The number of hydroxylamine groups is 1. The molecule has 1 aromatic heterocycles. The van der Waals surface area contributed by atoms with Gasteiger partial charge in [0.25, 0.3) is 0 Å². The molecule has 0 fully saturated rings. The molecule has 2 aromatic rings. The lowest BCUT2D eigenvalue weighted by Crippen LogP contribution is -2.27. The first kappa shape index (κ1) is 17.8. The number of aromatic nitrogens is 1. The molecular weight excluding hydrogens is 334 g/mol. The number of sulfonamides is 1. The van der Waals surface area contributed by atoms with Crippen LogP contribution < -0.4 is 14.5 Å². The summed E-state index contributed by atoms with van der Waals surface area (Å²) in [5.74, 6) is 0.842. The standard InChI is InChI=1S/C15H19N3O5S/c1-22-18(15-5-3-4-8-16-15)9-10-23-12-6-7-13(14(19)11-12)17-24(2,20)21/h3-8,11,17,19H,9-10H2,1-2H3. The average molecular weight is 353 g/mol. The molecule has 0 atom stereocenters. The molecular formula is C15H19N3O5S. The molecule has 0 saturated carbocycles. The van der Waals surface area contributed by atoms with Crippen LogP contribution in [-0.2, 0) is 14.9 Å². The van der Waals surface area contributed by atoms with Gasteiger partial charge in [0.1, 0.15) is 18.1 Å². The Bertz CT molecular complexity index is 768. The molecule has 0 unspecified atom stereocenters. The fourth-order valence-corrected chi connectivity index (χ4v) is 2.51. The fourth-order valence-electron chi connectivity index (χ4n) is 1.93. The van der Waals surface area contributed by atoms with Crippen molar-refractivity contribution >= 4 is 21.5 Å². The van der Waals surface area contributed by atoms with Crippen molar-refractivity contribution in [2.45, 2.75) is 0 Å². The Kier molecular flexibility index (Phi) is 5.83. The van der Waals surface area contributed by atoms with Crippen LogP contribution in [-0.4, -0.2) is 45.0 Å². The van der Waals surface area contributed by atoms with Gasteiger partial charge in [-0.25, -0.2) is 18.5 Å². The molecule has 0 spiro atoms. The van der Waals surface area contributed by atoms with E-state index < -0.39 is 10.0 Å². The summed E-state index contributed by atoms with van der Waals surface area (Å²) in [7, 11) is -1.92. The summed E-state index contributed by atoms with van der Waals surface area (Å²) in [4.78, 5) is 9.41. The molecule has 0 amide bonds. The third kappa shape index (κ3) is 5.28. The van der Waals surface area contributed by atoms with Gasteiger partial charge in [-0.2, -0.15) is 0 Å². The second-order valence-electron chi connectivity index (χ2n) is 4.87. The molecule has 0 bridgehead atoms. The number of hydrogen-bond acceptors (Lipinski definition) is 7. The molecule has 0 aliphatic rings. The Balaban J connectivity index is 1.93. The first-order chi connectivity index (χ1) is 11.4. The molecule has 24 heavy (non-hydrogen) atoms. The van der Waals surface area contributed by atoms with Gasteiger partial charge in [0, 0.05) is 12.3 Å². The van der Waals surface area contributed by atoms with Crippen LogP contribution in [0.25, 0.3) is 0 Å². The van der Waals surface area contributed by atoms with Crippen LogP contribution >= 0.6 is 0 Å². The smallest absolute Gasteiger partial charge is 0.229 e. The van der Waals surface area contributed by atoms with Gasteiger partial charge in [-0.3, -0.25) is 9.56 Å². The summed E-state index contributed by atoms with van der Waals surface area (Å²) in [5.41, 5.74) is 0.0943. The topological polar surface area (TPSA) is 101 Å². The molecule has 0 aliphatic heterocycles. The van der Waals surface area contributed by atoms with Crippen molar-refractivity contribution in [3.8, 4) is 11.5 Å². The maximum atomic E-state index is 11.2. The number of anilines is 2. The van der Waals surface area contributed by atoms with Crippen molar-refractivity contribution in [2.75, 3.05) is 36.3 Å². The molecule has 1 aromatic carbocycles. The van der Waals surface area contributed by atoms with Crippen molar-refractivity contribution in [1.29, 1.82) is 0 Å². The molecule has 2 rings (SSSR count). The summed E-state index contributed by atoms with van der Waals surface area (Å²) < 4.78 is 30.1. The predicted molar refractivity (Wildman–Crippen MR) is 90.7 cm³/mol. The Morgan fingerprint density at radius 3 is 2.67 bits per heavy atom. The minimum absolute atomic E-state index is 0.0943. The number of ether oxygens (including phenoxy) is 1. The number of nitrogens with one attached hydrogen (secondary N) is 1. The third-order valence-corrected chi connectivity index (χ3v) is 3.54. The molecule has 8 nitrogen and oxygen atoms in total. The van der Waals surface area contributed by atoms with Gasteiger partial charge in [0.05, 0.1) is 25.6 Å². The normalized spacial score (nSPS) is 11.1. The highest BCUT2D eigenvalue weighted by Crippen LogP contribution is 2.28. The first-order valence-corrected chi connectivity index (χ1v) is 8.94. The van der Waals surface area contributed by atoms with E-state index in [9.17, 15) is 13.5 Å². The average Bonchev–Trinajstić information content (AvgIpc) is 2.54. The van der Waals surface area contributed by atoms with Gasteiger partial charge in [0.2, 0.25) is 10.0 Å². The Hall–Kier alpha value is -2.52. The summed E-state index contributed by atoms with van der Waals surface area (Å²) in [6, 6.07) is 9.79. The number of nitrogens with zero attached hydrogens (tertiary/aromatic N) is 2. The van der Waals surface area contributed by atoms with E-state index in [0.29, 0.717) is 18.1 Å². The largest absolute Gasteiger partial charge is 0.506 e. The summed E-state index contributed by atoms with van der Waals surface area (Å²) in [6.45, 7) is 0.695. The van der Waals surface area contributed by atoms with E-state index in [-0.39, 0.29) is 18.0 Å². The van der Waals surface area contributed by atoms with E-state index in [1.54, 1.807) is 23.4 Å². The Labute approximate surface area is 140 Å². The van der Waals surface area contributed by atoms with Crippen molar-refractivity contribution in [3.05, 3.63) is 42.6 Å². The quantitative estimate of drug-likeness (QED) is 0.549. The van der Waals surface area contributed by atoms with E-state index in [0.717, 1.165) is 6.26 Å². The second-order valence-corrected chi connectivity index (χ2v) is 6.62. The minimum Gasteiger partial charge on any atom is -0.506 e. The van der Waals surface area contributed by atoms with Crippen molar-refractivity contribution in [1.82, 2.24) is 4.98 Å².